The first-order valence-electron chi connectivity index (χ1n) is 4.52. The third-order valence-corrected chi connectivity index (χ3v) is 3.05. The van der Waals surface area contributed by atoms with E-state index in [4.69, 9.17) is 5.11 Å². The van der Waals surface area contributed by atoms with Gasteiger partial charge in [-0.1, -0.05) is 18.2 Å². The molecular weight excluding hydrogens is 325 g/mol. The fourth-order valence-electron chi connectivity index (χ4n) is 1.39. The van der Waals surface area contributed by atoms with Crippen molar-refractivity contribution in [1.29, 1.82) is 0 Å². The Morgan fingerprint density at radius 1 is 0.875 bits per heavy atom. The van der Waals surface area contributed by atoms with E-state index in [1.54, 1.807) is 34.7 Å². The molecule has 1 nitrogen and oxygen atoms in total. The van der Waals surface area contributed by atoms with Crippen molar-refractivity contribution >= 4 is 22.6 Å². The predicted molar refractivity (Wildman–Crippen MR) is 66.2 cm³/mol. The van der Waals surface area contributed by atoms with Crippen LogP contribution < -0.4 is 0 Å². The molecule has 0 fully saturated rings. The Morgan fingerprint density at radius 2 is 1.50 bits per heavy atom. The summed E-state index contributed by atoms with van der Waals surface area (Å²) in [5.74, 6) is -1.61. The van der Waals surface area contributed by atoms with E-state index in [-0.39, 0.29) is 14.9 Å². The van der Waals surface area contributed by atoms with Crippen LogP contribution in [0.15, 0.2) is 36.4 Å². The molecule has 0 atom stereocenters. The molecule has 0 aliphatic rings. The lowest BCUT2D eigenvalue weighted by molar-refractivity contribution is 0.475. The summed E-state index contributed by atoms with van der Waals surface area (Å²) in [6.45, 7) is 0. The summed E-state index contributed by atoms with van der Waals surface area (Å²) in [4.78, 5) is 0. The van der Waals surface area contributed by atoms with Gasteiger partial charge in [-0.25, -0.2) is 8.78 Å². The molecule has 0 aliphatic carbocycles. The quantitative estimate of drug-likeness (QED) is 0.619. The summed E-state index contributed by atoms with van der Waals surface area (Å²) in [5, 5.41) is 9.10. The topological polar surface area (TPSA) is 20.2 Å². The molecule has 0 bridgehead atoms. The fraction of sp³-hybridized carbons (Fsp3) is 0. The highest BCUT2D eigenvalue weighted by Crippen LogP contribution is 2.28. The molecule has 0 spiro atoms. The first kappa shape index (κ1) is 11.3. The lowest BCUT2D eigenvalue weighted by Gasteiger charge is -2.05. The van der Waals surface area contributed by atoms with Gasteiger partial charge >= 0.3 is 0 Å². The molecule has 82 valence electrons. The summed E-state index contributed by atoms with van der Waals surface area (Å²) in [7, 11) is 0. The Morgan fingerprint density at radius 3 is 2.12 bits per heavy atom. The van der Waals surface area contributed by atoms with E-state index >= 15 is 0 Å². The molecule has 0 radical (unpaired) electrons. The molecule has 2 rings (SSSR count). The van der Waals surface area contributed by atoms with Crippen LogP contribution in [0, 0.1) is 15.2 Å². The minimum absolute atomic E-state index is 0.0927. The van der Waals surface area contributed by atoms with Gasteiger partial charge in [-0.3, -0.25) is 0 Å². The van der Waals surface area contributed by atoms with Gasteiger partial charge in [0.15, 0.2) is 11.6 Å². The molecule has 2 aromatic rings. The van der Waals surface area contributed by atoms with E-state index in [1.807, 2.05) is 0 Å². The summed E-state index contributed by atoms with van der Waals surface area (Å²) < 4.78 is 27.2. The van der Waals surface area contributed by atoms with Gasteiger partial charge < -0.3 is 5.11 Å². The maximum atomic E-state index is 13.6. The standard InChI is InChI=1S/C12H7F2IO/c13-11-9(5-6-10(15)12(11)14)7-1-3-8(16)4-2-7/h1-6,16H. The van der Waals surface area contributed by atoms with Crippen LogP contribution in [0.2, 0.25) is 0 Å². The van der Waals surface area contributed by atoms with Crippen molar-refractivity contribution in [2.45, 2.75) is 0 Å². The Kier molecular flexibility index (Phi) is 3.09. The maximum absolute atomic E-state index is 13.6. The summed E-state index contributed by atoms with van der Waals surface area (Å²) in [6.07, 6.45) is 0. The van der Waals surface area contributed by atoms with Gasteiger partial charge in [-0.2, -0.15) is 0 Å². The third kappa shape index (κ3) is 2.02. The largest absolute Gasteiger partial charge is 0.508 e. The fourth-order valence-corrected chi connectivity index (χ4v) is 1.81. The first-order valence-corrected chi connectivity index (χ1v) is 5.60. The maximum Gasteiger partial charge on any atom is 0.172 e. The number of phenolic OH excluding ortho intramolecular Hbond substituents is 1. The molecule has 0 aromatic heterocycles. The van der Waals surface area contributed by atoms with E-state index in [0.29, 0.717) is 5.56 Å². The van der Waals surface area contributed by atoms with Gasteiger partial charge in [-0.05, 0) is 46.4 Å². The minimum atomic E-state index is -0.863. The predicted octanol–water partition coefficient (Wildman–Crippen LogP) is 3.94. The minimum Gasteiger partial charge on any atom is -0.508 e. The molecule has 2 aromatic carbocycles. The summed E-state index contributed by atoms with van der Waals surface area (Å²) in [5.41, 5.74) is 0.725. The first-order chi connectivity index (χ1) is 7.59. The molecule has 0 aliphatic heterocycles. The molecule has 16 heavy (non-hydrogen) atoms. The smallest absolute Gasteiger partial charge is 0.172 e. The second kappa shape index (κ2) is 4.37. The van der Waals surface area contributed by atoms with E-state index in [9.17, 15) is 8.78 Å². The van der Waals surface area contributed by atoms with Gasteiger partial charge in [0.25, 0.3) is 0 Å². The second-order valence-electron chi connectivity index (χ2n) is 3.27. The Bertz CT molecular complexity index is 523. The van der Waals surface area contributed by atoms with E-state index in [0.717, 1.165) is 0 Å². The molecule has 0 saturated carbocycles. The highest BCUT2D eigenvalue weighted by atomic mass is 127. The Hall–Kier alpha value is -1.17. The van der Waals surface area contributed by atoms with Crippen molar-refractivity contribution < 1.29 is 13.9 Å². The summed E-state index contributed by atoms with van der Waals surface area (Å²) in [6, 6.07) is 8.99. The van der Waals surface area contributed by atoms with Crippen molar-refractivity contribution in [2.24, 2.45) is 0 Å². The number of hydrogen-bond acceptors (Lipinski definition) is 1. The van der Waals surface area contributed by atoms with Crippen molar-refractivity contribution in [3.63, 3.8) is 0 Å². The molecule has 0 saturated heterocycles. The lowest BCUT2D eigenvalue weighted by atomic mass is 10.1. The number of halogens is 3. The number of rotatable bonds is 1. The number of aromatic hydroxyl groups is 1. The van der Waals surface area contributed by atoms with Crippen LogP contribution >= 0.6 is 22.6 Å². The number of hydrogen-bond donors (Lipinski definition) is 1. The second-order valence-corrected chi connectivity index (χ2v) is 4.43. The highest BCUT2D eigenvalue weighted by molar-refractivity contribution is 14.1. The zero-order valence-electron chi connectivity index (χ0n) is 8.05. The van der Waals surface area contributed by atoms with Crippen LogP contribution in [0.4, 0.5) is 8.78 Å². The summed E-state index contributed by atoms with van der Waals surface area (Å²) >= 11 is 1.74. The highest BCUT2D eigenvalue weighted by Gasteiger charge is 2.12. The van der Waals surface area contributed by atoms with Crippen molar-refractivity contribution in [3.05, 3.63) is 51.6 Å². The molecular formula is C12H7F2IO. The SMILES string of the molecule is Oc1ccc(-c2ccc(I)c(F)c2F)cc1. The monoisotopic (exact) mass is 332 g/mol. The Labute approximate surface area is 105 Å². The van der Waals surface area contributed by atoms with E-state index in [2.05, 4.69) is 0 Å². The average molecular weight is 332 g/mol. The normalized spacial score (nSPS) is 10.4. The van der Waals surface area contributed by atoms with Crippen LogP contribution in [0.1, 0.15) is 0 Å². The molecule has 0 amide bonds. The number of phenols is 1. The van der Waals surface area contributed by atoms with Gasteiger partial charge in [0, 0.05) is 5.56 Å². The lowest BCUT2D eigenvalue weighted by Crippen LogP contribution is -1.92. The average Bonchev–Trinajstić information content (AvgIpc) is 2.28. The van der Waals surface area contributed by atoms with Gasteiger partial charge in [0.2, 0.25) is 0 Å². The van der Waals surface area contributed by atoms with Crippen molar-refractivity contribution in [1.82, 2.24) is 0 Å². The van der Waals surface area contributed by atoms with Gasteiger partial charge in [0.05, 0.1) is 3.57 Å². The van der Waals surface area contributed by atoms with Gasteiger partial charge in [-0.15, -0.1) is 0 Å². The molecule has 1 N–H and O–H groups in total. The van der Waals surface area contributed by atoms with Crippen LogP contribution in [-0.4, -0.2) is 5.11 Å². The van der Waals surface area contributed by atoms with Crippen LogP contribution in [-0.2, 0) is 0 Å². The zero-order chi connectivity index (χ0) is 11.7. The van der Waals surface area contributed by atoms with E-state index in [1.165, 1.54) is 24.3 Å². The molecule has 0 heterocycles. The van der Waals surface area contributed by atoms with Crippen molar-refractivity contribution in [3.8, 4) is 16.9 Å². The molecule has 4 heteroatoms. The Balaban J connectivity index is 2.57. The van der Waals surface area contributed by atoms with Crippen LogP contribution in [0.5, 0.6) is 5.75 Å². The van der Waals surface area contributed by atoms with Crippen LogP contribution in [0.25, 0.3) is 11.1 Å². The third-order valence-electron chi connectivity index (χ3n) is 2.21. The number of benzene rings is 2. The van der Waals surface area contributed by atoms with Gasteiger partial charge in [0.1, 0.15) is 5.75 Å². The zero-order valence-corrected chi connectivity index (χ0v) is 10.2. The van der Waals surface area contributed by atoms with E-state index < -0.39 is 11.6 Å². The van der Waals surface area contributed by atoms with Crippen molar-refractivity contribution in [2.75, 3.05) is 0 Å². The molecule has 0 unspecified atom stereocenters. The van der Waals surface area contributed by atoms with Crippen LogP contribution in [0.3, 0.4) is 0 Å².